The third kappa shape index (κ3) is 7.28. The number of hydrazine groups is 1. The Hall–Kier alpha value is -2.46. The third-order valence-electron chi connectivity index (χ3n) is 3.45. The molecule has 2 rings (SSSR count). The predicted octanol–water partition coefficient (Wildman–Crippen LogP) is 2.12. The summed E-state index contributed by atoms with van der Waals surface area (Å²) in [4.78, 5) is 23.8. The van der Waals surface area contributed by atoms with Crippen molar-refractivity contribution in [1.82, 2.24) is 10.9 Å². The zero-order chi connectivity index (χ0) is 20.7. The van der Waals surface area contributed by atoms with Crippen molar-refractivity contribution < 1.29 is 27.1 Å². The van der Waals surface area contributed by atoms with E-state index >= 15 is 0 Å². The van der Waals surface area contributed by atoms with Crippen molar-refractivity contribution in [2.24, 2.45) is 0 Å². The molecule has 0 saturated heterocycles. The molecule has 2 amide bonds. The number of ether oxygens (including phenoxy) is 1. The van der Waals surface area contributed by atoms with Crippen LogP contribution in [0.3, 0.4) is 0 Å². The van der Waals surface area contributed by atoms with E-state index in [1.165, 1.54) is 31.2 Å². The van der Waals surface area contributed by atoms with Gasteiger partial charge in [0, 0.05) is 4.47 Å². The lowest BCUT2D eigenvalue weighted by Gasteiger charge is -2.15. The molecule has 0 spiro atoms. The van der Waals surface area contributed by atoms with Gasteiger partial charge in [0.1, 0.15) is 17.3 Å². The number of carbonyl (C=O) groups excluding carboxylic acids is 2. The van der Waals surface area contributed by atoms with E-state index in [2.05, 4.69) is 21.4 Å². The van der Waals surface area contributed by atoms with Crippen LogP contribution in [0, 0.1) is 5.82 Å². The predicted molar refractivity (Wildman–Crippen MR) is 104 cm³/mol. The molecule has 1 atom stereocenters. The number of sulfone groups is 1. The molecule has 0 fully saturated rings. The van der Waals surface area contributed by atoms with Crippen LogP contribution in [0.1, 0.15) is 12.5 Å². The lowest BCUT2D eigenvalue weighted by molar-refractivity contribution is -0.132. The summed E-state index contributed by atoms with van der Waals surface area (Å²) in [5.74, 6) is -2.84. The molecule has 0 aromatic heterocycles. The Morgan fingerprint density at radius 2 is 1.82 bits per heavy atom. The summed E-state index contributed by atoms with van der Waals surface area (Å²) in [5.41, 5.74) is 4.68. The molecule has 2 aromatic carbocycles. The summed E-state index contributed by atoms with van der Waals surface area (Å²) in [6.07, 6.45) is -0.996. The van der Waals surface area contributed by atoms with Crippen molar-refractivity contribution in [2.45, 2.75) is 18.8 Å². The lowest BCUT2D eigenvalue weighted by atomic mass is 10.2. The van der Waals surface area contributed by atoms with Crippen molar-refractivity contribution in [2.75, 3.05) is 5.75 Å². The molecule has 7 nitrogen and oxygen atoms in total. The number of nitrogens with one attached hydrogen (secondary N) is 2. The number of hydrogen-bond donors (Lipinski definition) is 2. The lowest BCUT2D eigenvalue weighted by Crippen LogP contribution is -2.48. The average Bonchev–Trinajstić information content (AvgIpc) is 2.60. The Kier molecular flexibility index (Phi) is 7.53. The van der Waals surface area contributed by atoms with Crippen LogP contribution in [0.4, 0.5) is 4.39 Å². The molecule has 10 heteroatoms. The molecular weight excluding hydrogens is 455 g/mol. The quantitative estimate of drug-likeness (QED) is 0.600. The van der Waals surface area contributed by atoms with Gasteiger partial charge in [-0.15, -0.1) is 0 Å². The number of amides is 2. The van der Waals surface area contributed by atoms with E-state index in [0.717, 1.165) is 4.47 Å². The number of rotatable bonds is 7. The van der Waals surface area contributed by atoms with Crippen molar-refractivity contribution in [1.29, 1.82) is 0 Å². The summed E-state index contributed by atoms with van der Waals surface area (Å²) in [5, 5.41) is 0. The van der Waals surface area contributed by atoms with E-state index in [1.54, 1.807) is 24.3 Å². The van der Waals surface area contributed by atoms with E-state index in [0.29, 0.717) is 5.56 Å². The van der Waals surface area contributed by atoms with Gasteiger partial charge in [0.05, 0.1) is 5.75 Å². The smallest absolute Gasteiger partial charge is 0.279 e. The molecule has 1 unspecified atom stereocenters. The highest BCUT2D eigenvalue weighted by Gasteiger charge is 2.20. The summed E-state index contributed by atoms with van der Waals surface area (Å²) in [6.45, 7) is 1.43. The van der Waals surface area contributed by atoms with Gasteiger partial charge in [-0.1, -0.05) is 28.1 Å². The first-order valence-electron chi connectivity index (χ1n) is 8.10. The number of hydrogen-bond acceptors (Lipinski definition) is 5. The summed E-state index contributed by atoms with van der Waals surface area (Å²) >= 11 is 3.25. The van der Waals surface area contributed by atoms with E-state index in [9.17, 15) is 22.4 Å². The molecule has 0 bridgehead atoms. The van der Waals surface area contributed by atoms with Crippen LogP contribution >= 0.6 is 15.9 Å². The second-order valence-corrected chi connectivity index (χ2v) is 8.89. The first kappa shape index (κ1) is 21.8. The Morgan fingerprint density at radius 3 is 2.46 bits per heavy atom. The molecule has 0 saturated carbocycles. The van der Waals surface area contributed by atoms with Gasteiger partial charge < -0.3 is 4.74 Å². The molecule has 2 N–H and O–H groups in total. The second kappa shape index (κ2) is 9.65. The van der Waals surface area contributed by atoms with E-state index in [-0.39, 0.29) is 11.5 Å². The van der Waals surface area contributed by atoms with Crippen molar-refractivity contribution >= 4 is 37.6 Å². The zero-order valence-corrected chi connectivity index (χ0v) is 17.2. The summed E-state index contributed by atoms with van der Waals surface area (Å²) in [7, 11) is -3.72. The van der Waals surface area contributed by atoms with Gasteiger partial charge in [0.2, 0.25) is 0 Å². The second-order valence-electron chi connectivity index (χ2n) is 5.91. The molecule has 0 radical (unpaired) electrons. The highest BCUT2D eigenvalue weighted by Crippen LogP contribution is 2.14. The fraction of sp³-hybridized carbons (Fsp3) is 0.222. The van der Waals surface area contributed by atoms with Crippen LogP contribution in [0.2, 0.25) is 0 Å². The number of carbonyl (C=O) groups is 2. The van der Waals surface area contributed by atoms with Crippen LogP contribution in [0.5, 0.6) is 5.75 Å². The van der Waals surface area contributed by atoms with E-state index in [1.807, 2.05) is 5.43 Å². The summed E-state index contributed by atoms with van der Waals surface area (Å²) in [6, 6.07) is 11.8. The Morgan fingerprint density at radius 1 is 1.14 bits per heavy atom. The highest BCUT2D eigenvalue weighted by atomic mass is 79.9. The monoisotopic (exact) mass is 472 g/mol. The van der Waals surface area contributed by atoms with E-state index in [4.69, 9.17) is 4.74 Å². The minimum atomic E-state index is -3.72. The first-order valence-corrected chi connectivity index (χ1v) is 10.7. The fourth-order valence-electron chi connectivity index (χ4n) is 2.17. The Balaban J connectivity index is 1.81. The van der Waals surface area contributed by atoms with Crippen LogP contribution < -0.4 is 15.6 Å². The first-order chi connectivity index (χ1) is 13.1. The van der Waals surface area contributed by atoms with Crippen LogP contribution in [-0.2, 0) is 25.2 Å². The Bertz CT molecular complexity index is 951. The standard InChI is InChI=1S/C18H18BrFN2O5S/c1-12(27-16-7-5-15(20)6-8-16)18(24)22-21-17(23)11-28(25,26)10-13-3-2-4-14(19)9-13/h2-9,12H,10-11H2,1H3,(H,21,23)(H,22,24). The fourth-order valence-corrected chi connectivity index (χ4v) is 3.88. The van der Waals surface area contributed by atoms with Gasteiger partial charge in [-0.3, -0.25) is 20.4 Å². The molecule has 150 valence electrons. The zero-order valence-electron chi connectivity index (χ0n) is 14.8. The minimum Gasteiger partial charge on any atom is -0.481 e. The minimum absolute atomic E-state index is 0.270. The van der Waals surface area contributed by atoms with Gasteiger partial charge in [-0.05, 0) is 48.9 Å². The van der Waals surface area contributed by atoms with Gasteiger partial charge in [0.15, 0.2) is 15.9 Å². The van der Waals surface area contributed by atoms with Gasteiger partial charge in [-0.2, -0.15) is 0 Å². The topological polar surface area (TPSA) is 102 Å². The molecule has 0 aliphatic rings. The molecule has 0 aliphatic heterocycles. The van der Waals surface area contributed by atoms with Crippen LogP contribution in [-0.4, -0.2) is 32.1 Å². The van der Waals surface area contributed by atoms with Crippen molar-refractivity contribution in [3.05, 3.63) is 64.4 Å². The average molecular weight is 473 g/mol. The Labute approximate surface area is 170 Å². The normalized spacial score (nSPS) is 12.1. The van der Waals surface area contributed by atoms with Crippen LogP contribution in [0.15, 0.2) is 53.0 Å². The maximum atomic E-state index is 12.9. The SMILES string of the molecule is CC(Oc1ccc(F)cc1)C(=O)NNC(=O)CS(=O)(=O)Cc1cccc(Br)c1. The van der Waals surface area contributed by atoms with Crippen molar-refractivity contribution in [3.63, 3.8) is 0 Å². The molecule has 0 heterocycles. The summed E-state index contributed by atoms with van der Waals surface area (Å²) < 4.78 is 43.1. The molecule has 0 aliphatic carbocycles. The number of halogens is 2. The number of benzene rings is 2. The van der Waals surface area contributed by atoms with E-state index < -0.39 is 39.3 Å². The van der Waals surface area contributed by atoms with Crippen molar-refractivity contribution in [3.8, 4) is 5.75 Å². The molecule has 28 heavy (non-hydrogen) atoms. The molecular formula is C18H18BrFN2O5S. The molecule has 2 aromatic rings. The highest BCUT2D eigenvalue weighted by molar-refractivity contribution is 9.10. The van der Waals surface area contributed by atoms with Gasteiger partial charge in [0.25, 0.3) is 11.8 Å². The maximum absolute atomic E-state index is 12.9. The third-order valence-corrected chi connectivity index (χ3v) is 5.42. The van der Waals surface area contributed by atoms with Gasteiger partial charge >= 0.3 is 0 Å². The van der Waals surface area contributed by atoms with Gasteiger partial charge in [-0.25, -0.2) is 12.8 Å². The maximum Gasteiger partial charge on any atom is 0.279 e. The largest absolute Gasteiger partial charge is 0.481 e. The van der Waals surface area contributed by atoms with Crippen LogP contribution in [0.25, 0.3) is 0 Å².